The highest BCUT2D eigenvalue weighted by atomic mass is 79.9. The van der Waals surface area contributed by atoms with Crippen molar-refractivity contribution in [3.63, 3.8) is 0 Å². The van der Waals surface area contributed by atoms with E-state index in [1.807, 2.05) is 13.8 Å². The highest BCUT2D eigenvalue weighted by Crippen LogP contribution is 2.31. The molecule has 1 aliphatic rings. The van der Waals surface area contributed by atoms with Crippen molar-refractivity contribution in [2.75, 3.05) is 23.4 Å². The molecular weight excluding hydrogens is 340 g/mol. The average molecular weight is 361 g/mol. The molecular formula is C14H21BrN2O2S. The van der Waals surface area contributed by atoms with E-state index in [-0.39, 0.29) is 17.0 Å². The first-order valence-corrected chi connectivity index (χ1v) is 9.34. The van der Waals surface area contributed by atoms with Crippen LogP contribution in [0.25, 0.3) is 0 Å². The molecule has 20 heavy (non-hydrogen) atoms. The van der Waals surface area contributed by atoms with Crippen molar-refractivity contribution in [3.8, 4) is 0 Å². The third kappa shape index (κ3) is 3.35. The van der Waals surface area contributed by atoms with Crippen LogP contribution in [-0.4, -0.2) is 32.0 Å². The Morgan fingerprint density at radius 1 is 1.25 bits per heavy atom. The summed E-state index contributed by atoms with van der Waals surface area (Å²) in [6.45, 7) is 4.53. The minimum absolute atomic E-state index is 0.214. The van der Waals surface area contributed by atoms with Gasteiger partial charge in [0.15, 0.2) is 9.84 Å². The molecule has 3 N–H and O–H groups in total. The zero-order valence-electron chi connectivity index (χ0n) is 11.9. The Kier molecular flexibility index (Phi) is 4.47. The molecule has 2 rings (SSSR count). The topological polar surface area (TPSA) is 72.2 Å². The summed E-state index contributed by atoms with van der Waals surface area (Å²) in [5, 5.41) is 3.48. The maximum Gasteiger partial charge on any atom is 0.150 e. The largest absolute Gasteiger partial charge is 0.378 e. The summed E-state index contributed by atoms with van der Waals surface area (Å²) < 4.78 is 24.3. The first-order valence-electron chi connectivity index (χ1n) is 6.72. The van der Waals surface area contributed by atoms with Gasteiger partial charge in [0.1, 0.15) is 0 Å². The van der Waals surface area contributed by atoms with E-state index in [4.69, 9.17) is 5.73 Å². The van der Waals surface area contributed by atoms with Crippen LogP contribution in [0.1, 0.15) is 24.0 Å². The number of nitrogens with two attached hydrogens (primary N) is 1. The normalized spacial score (nSPS) is 20.6. The summed E-state index contributed by atoms with van der Waals surface area (Å²) in [6.07, 6.45) is 1.14. The lowest BCUT2D eigenvalue weighted by Crippen LogP contribution is -2.51. The van der Waals surface area contributed by atoms with Gasteiger partial charge in [0.2, 0.25) is 0 Å². The summed E-state index contributed by atoms with van der Waals surface area (Å²) in [5.74, 6) is 0.428. The molecule has 1 aromatic rings. The quantitative estimate of drug-likeness (QED) is 0.867. The smallest absolute Gasteiger partial charge is 0.150 e. The van der Waals surface area contributed by atoms with Crippen molar-refractivity contribution in [3.05, 3.63) is 27.7 Å². The molecule has 1 aromatic carbocycles. The standard InChI is InChI=1S/C14H21BrN2O2S/c1-10-7-12(8-11(2)13(10)15)17-14(9-16)3-5-20(18,19)6-4-14/h7-8,17H,3-6,9,16H2,1-2H3. The molecule has 1 heterocycles. The van der Waals surface area contributed by atoms with Crippen molar-refractivity contribution >= 4 is 31.5 Å². The second kappa shape index (κ2) is 5.66. The molecule has 0 radical (unpaired) electrons. The highest BCUT2D eigenvalue weighted by molar-refractivity contribution is 9.10. The van der Waals surface area contributed by atoms with E-state index < -0.39 is 9.84 Å². The van der Waals surface area contributed by atoms with Gasteiger partial charge in [-0.05, 0) is 49.9 Å². The summed E-state index contributed by atoms with van der Waals surface area (Å²) >= 11 is 3.55. The molecule has 0 aliphatic carbocycles. The van der Waals surface area contributed by atoms with E-state index in [1.165, 1.54) is 0 Å². The summed E-state index contributed by atoms with van der Waals surface area (Å²) in [7, 11) is -2.88. The number of aryl methyl sites for hydroxylation is 2. The van der Waals surface area contributed by atoms with Crippen LogP contribution in [0.5, 0.6) is 0 Å². The Hall–Kier alpha value is -0.590. The van der Waals surface area contributed by atoms with Gasteiger partial charge < -0.3 is 11.1 Å². The zero-order chi connectivity index (χ0) is 15.0. The van der Waals surface area contributed by atoms with Gasteiger partial charge in [-0.25, -0.2) is 8.42 Å². The van der Waals surface area contributed by atoms with E-state index in [2.05, 4.69) is 33.4 Å². The van der Waals surface area contributed by atoms with Crippen molar-refractivity contribution in [2.24, 2.45) is 5.73 Å². The van der Waals surface area contributed by atoms with Gasteiger partial charge in [0.05, 0.1) is 17.0 Å². The number of sulfone groups is 1. The van der Waals surface area contributed by atoms with Gasteiger partial charge in [-0.1, -0.05) is 15.9 Å². The molecule has 0 aromatic heterocycles. The number of hydrogen-bond acceptors (Lipinski definition) is 4. The van der Waals surface area contributed by atoms with Crippen LogP contribution in [-0.2, 0) is 9.84 Å². The van der Waals surface area contributed by atoms with E-state index in [0.717, 1.165) is 21.3 Å². The van der Waals surface area contributed by atoms with Crippen LogP contribution >= 0.6 is 15.9 Å². The van der Waals surface area contributed by atoms with Gasteiger partial charge in [-0.15, -0.1) is 0 Å². The van der Waals surface area contributed by atoms with E-state index in [9.17, 15) is 8.42 Å². The highest BCUT2D eigenvalue weighted by Gasteiger charge is 2.36. The monoisotopic (exact) mass is 360 g/mol. The van der Waals surface area contributed by atoms with Gasteiger partial charge in [0, 0.05) is 16.7 Å². The van der Waals surface area contributed by atoms with E-state index in [1.54, 1.807) is 0 Å². The first kappa shape index (κ1) is 15.8. The fourth-order valence-corrected chi connectivity index (χ4v) is 4.47. The maximum absolute atomic E-state index is 11.6. The number of anilines is 1. The molecule has 1 fully saturated rings. The van der Waals surface area contributed by atoms with Crippen LogP contribution in [0.3, 0.4) is 0 Å². The van der Waals surface area contributed by atoms with Crippen LogP contribution in [0.15, 0.2) is 16.6 Å². The summed E-state index contributed by atoms with van der Waals surface area (Å²) in [5.41, 5.74) is 8.93. The molecule has 1 aliphatic heterocycles. The maximum atomic E-state index is 11.6. The number of benzene rings is 1. The van der Waals surface area contributed by atoms with Crippen molar-refractivity contribution in [2.45, 2.75) is 32.2 Å². The van der Waals surface area contributed by atoms with Crippen LogP contribution in [0, 0.1) is 13.8 Å². The molecule has 4 nitrogen and oxygen atoms in total. The predicted molar refractivity (Wildman–Crippen MR) is 86.9 cm³/mol. The molecule has 0 atom stereocenters. The molecule has 0 bridgehead atoms. The number of rotatable bonds is 3. The fraction of sp³-hybridized carbons (Fsp3) is 0.571. The lowest BCUT2D eigenvalue weighted by molar-refractivity contribution is 0.426. The number of hydrogen-bond donors (Lipinski definition) is 2. The Morgan fingerprint density at radius 2 is 1.75 bits per heavy atom. The van der Waals surface area contributed by atoms with E-state index >= 15 is 0 Å². The number of halogens is 1. The molecule has 6 heteroatoms. The lowest BCUT2D eigenvalue weighted by atomic mass is 9.91. The molecule has 1 saturated heterocycles. The second-order valence-electron chi connectivity index (χ2n) is 5.69. The Bertz CT molecular complexity index is 577. The first-order chi connectivity index (χ1) is 9.27. The van der Waals surface area contributed by atoms with Crippen molar-refractivity contribution in [1.29, 1.82) is 0 Å². The van der Waals surface area contributed by atoms with E-state index in [0.29, 0.717) is 19.4 Å². The predicted octanol–water partition coefficient (Wildman–Crippen LogP) is 2.38. The molecule has 0 spiro atoms. The lowest BCUT2D eigenvalue weighted by Gasteiger charge is -2.38. The SMILES string of the molecule is Cc1cc(NC2(CN)CCS(=O)(=O)CC2)cc(C)c1Br. The Labute approximate surface area is 129 Å². The number of nitrogens with one attached hydrogen (secondary N) is 1. The third-order valence-electron chi connectivity index (χ3n) is 4.02. The van der Waals surface area contributed by atoms with Gasteiger partial charge in [0.25, 0.3) is 0 Å². The van der Waals surface area contributed by atoms with Gasteiger partial charge in [-0.2, -0.15) is 0 Å². The second-order valence-corrected chi connectivity index (χ2v) is 8.78. The minimum atomic E-state index is -2.88. The van der Waals surface area contributed by atoms with Crippen molar-refractivity contribution < 1.29 is 8.42 Å². The van der Waals surface area contributed by atoms with Gasteiger partial charge in [-0.3, -0.25) is 0 Å². The Balaban J connectivity index is 2.23. The molecule has 0 unspecified atom stereocenters. The Morgan fingerprint density at radius 3 is 2.20 bits per heavy atom. The van der Waals surface area contributed by atoms with Crippen LogP contribution in [0.4, 0.5) is 5.69 Å². The summed E-state index contributed by atoms with van der Waals surface area (Å²) in [6, 6.07) is 4.13. The third-order valence-corrected chi connectivity index (χ3v) is 6.92. The van der Waals surface area contributed by atoms with Crippen molar-refractivity contribution in [1.82, 2.24) is 0 Å². The molecule has 0 saturated carbocycles. The average Bonchev–Trinajstić information content (AvgIpc) is 2.39. The van der Waals surface area contributed by atoms with Gasteiger partial charge >= 0.3 is 0 Å². The molecule has 112 valence electrons. The summed E-state index contributed by atoms with van der Waals surface area (Å²) in [4.78, 5) is 0. The van der Waals surface area contributed by atoms with Crippen LogP contribution < -0.4 is 11.1 Å². The zero-order valence-corrected chi connectivity index (χ0v) is 14.3. The minimum Gasteiger partial charge on any atom is -0.378 e. The van der Waals surface area contributed by atoms with Crippen LogP contribution in [0.2, 0.25) is 0 Å². The molecule has 0 amide bonds. The fourth-order valence-electron chi connectivity index (χ4n) is 2.63.